The Balaban J connectivity index is 1.16. The fraction of sp³-hybridized carbons (Fsp3) is 0.591. The molecule has 7 heteroatoms. The average Bonchev–Trinajstić information content (AvgIpc) is 3.28. The van der Waals surface area contributed by atoms with Crippen LogP contribution in [0, 0.1) is 12.8 Å². The third kappa shape index (κ3) is 5.51. The molecule has 3 heterocycles. The smallest absolute Gasteiger partial charge is 0.137 e. The molecule has 0 radical (unpaired) electrons. The largest absolute Gasteiger partial charge is 0.391 e. The zero-order valence-electron chi connectivity index (χ0n) is 17.1. The number of hydrogen-bond acceptors (Lipinski definition) is 6. The van der Waals surface area contributed by atoms with Crippen molar-refractivity contribution in [2.45, 2.75) is 25.9 Å². The molecule has 0 saturated carbocycles. The van der Waals surface area contributed by atoms with E-state index in [-0.39, 0.29) is 12.0 Å². The summed E-state index contributed by atoms with van der Waals surface area (Å²) in [6, 6.07) is 10.1. The van der Waals surface area contributed by atoms with E-state index in [1.54, 1.807) is 0 Å². The average molecular weight is 419 g/mol. The highest BCUT2D eigenvalue weighted by atomic mass is 35.5. The van der Waals surface area contributed by atoms with Crippen LogP contribution >= 0.6 is 11.6 Å². The SMILES string of the molecule is Cc1cc(C[C@@H]2CN(CCCN3CCN(c4cccc(Cl)c4)CC3)C[C@@H]2O)on1. The molecule has 1 N–H and O–H groups in total. The Bertz CT molecular complexity index is 791. The number of hydrogen-bond donors (Lipinski definition) is 1. The fourth-order valence-corrected chi connectivity index (χ4v) is 4.70. The van der Waals surface area contributed by atoms with Crippen molar-refractivity contribution in [3.05, 3.63) is 46.8 Å². The Morgan fingerprint density at radius 2 is 1.90 bits per heavy atom. The molecule has 0 aliphatic carbocycles. The normalized spacial score (nSPS) is 23.8. The van der Waals surface area contributed by atoms with Crippen molar-refractivity contribution < 1.29 is 9.63 Å². The molecule has 2 atom stereocenters. The van der Waals surface area contributed by atoms with E-state index < -0.39 is 0 Å². The van der Waals surface area contributed by atoms with Crippen LogP contribution in [0.15, 0.2) is 34.9 Å². The van der Waals surface area contributed by atoms with Crippen LogP contribution in [0.2, 0.25) is 5.02 Å². The summed E-state index contributed by atoms with van der Waals surface area (Å²) in [5.74, 6) is 1.12. The quantitative estimate of drug-likeness (QED) is 0.746. The molecule has 0 unspecified atom stereocenters. The van der Waals surface area contributed by atoms with Crippen LogP contribution in [0.5, 0.6) is 0 Å². The van der Waals surface area contributed by atoms with E-state index >= 15 is 0 Å². The van der Waals surface area contributed by atoms with Crippen molar-refractivity contribution in [1.82, 2.24) is 15.0 Å². The minimum Gasteiger partial charge on any atom is -0.391 e. The van der Waals surface area contributed by atoms with E-state index in [1.807, 2.05) is 31.2 Å². The Labute approximate surface area is 178 Å². The van der Waals surface area contributed by atoms with E-state index in [4.69, 9.17) is 16.1 Å². The van der Waals surface area contributed by atoms with E-state index in [0.717, 1.165) is 81.7 Å². The summed E-state index contributed by atoms with van der Waals surface area (Å²) in [6.07, 6.45) is 1.63. The van der Waals surface area contributed by atoms with Gasteiger partial charge in [-0.1, -0.05) is 22.8 Å². The number of halogens is 1. The Hall–Kier alpha value is -1.60. The first-order valence-electron chi connectivity index (χ1n) is 10.6. The van der Waals surface area contributed by atoms with Crippen LogP contribution in [-0.4, -0.2) is 78.5 Å². The molecule has 0 bridgehead atoms. The zero-order valence-corrected chi connectivity index (χ0v) is 17.9. The standard InChI is InChI=1S/C22H31ClN4O2/c1-17-12-21(29-24-17)13-18-15-26(16-22(18)28)7-3-6-25-8-10-27(11-9-25)20-5-2-4-19(23)14-20/h2,4-5,12,14,18,22,28H,3,6-11,13,15-16H2,1H3/t18-,22+/m1/s1. The highest BCUT2D eigenvalue weighted by Gasteiger charge is 2.32. The highest BCUT2D eigenvalue weighted by Crippen LogP contribution is 2.23. The number of aromatic nitrogens is 1. The minimum absolute atomic E-state index is 0.239. The summed E-state index contributed by atoms with van der Waals surface area (Å²) >= 11 is 6.12. The molecule has 29 heavy (non-hydrogen) atoms. The number of piperazine rings is 1. The van der Waals surface area contributed by atoms with Gasteiger partial charge in [0.1, 0.15) is 5.76 Å². The molecular formula is C22H31ClN4O2. The number of anilines is 1. The molecule has 2 saturated heterocycles. The maximum Gasteiger partial charge on any atom is 0.137 e. The Morgan fingerprint density at radius 3 is 2.62 bits per heavy atom. The molecule has 2 aliphatic heterocycles. The number of benzene rings is 1. The number of likely N-dealkylation sites (tertiary alicyclic amines) is 1. The Kier molecular flexibility index (Phi) is 6.75. The lowest BCUT2D eigenvalue weighted by Gasteiger charge is -2.36. The summed E-state index contributed by atoms with van der Waals surface area (Å²) in [7, 11) is 0. The first kappa shape index (κ1) is 20.7. The lowest BCUT2D eigenvalue weighted by atomic mass is 10.0. The summed E-state index contributed by atoms with van der Waals surface area (Å²) in [5, 5.41) is 15.2. The number of rotatable bonds is 7. The van der Waals surface area contributed by atoms with E-state index in [1.165, 1.54) is 5.69 Å². The minimum atomic E-state index is -0.276. The number of aliphatic hydroxyl groups excluding tert-OH is 1. The van der Waals surface area contributed by atoms with Crippen molar-refractivity contribution in [3.8, 4) is 0 Å². The van der Waals surface area contributed by atoms with Gasteiger partial charge in [0, 0.05) is 68.4 Å². The van der Waals surface area contributed by atoms with Crippen molar-refractivity contribution in [2.75, 3.05) is 57.3 Å². The van der Waals surface area contributed by atoms with Gasteiger partial charge in [0.25, 0.3) is 0 Å². The van der Waals surface area contributed by atoms with Crippen LogP contribution in [0.1, 0.15) is 17.9 Å². The van der Waals surface area contributed by atoms with Gasteiger partial charge in [-0.05, 0) is 44.6 Å². The number of β-amino-alcohol motifs (C(OH)–C–C–N with tert-alkyl or cyclic N) is 1. The van der Waals surface area contributed by atoms with Crippen molar-refractivity contribution >= 4 is 17.3 Å². The first-order valence-corrected chi connectivity index (χ1v) is 11.0. The molecule has 0 amide bonds. The maximum absolute atomic E-state index is 10.4. The number of aliphatic hydroxyl groups is 1. The van der Waals surface area contributed by atoms with Gasteiger partial charge in [-0.15, -0.1) is 0 Å². The molecule has 2 aromatic rings. The molecular weight excluding hydrogens is 388 g/mol. The van der Waals surface area contributed by atoms with Gasteiger partial charge in [-0.25, -0.2) is 0 Å². The summed E-state index contributed by atoms with van der Waals surface area (Å²) in [4.78, 5) is 7.35. The molecule has 0 spiro atoms. The third-order valence-corrected chi connectivity index (χ3v) is 6.35. The maximum atomic E-state index is 10.4. The molecule has 1 aromatic carbocycles. The van der Waals surface area contributed by atoms with Crippen LogP contribution in [0.3, 0.4) is 0 Å². The zero-order chi connectivity index (χ0) is 20.2. The second-order valence-corrected chi connectivity index (χ2v) is 8.82. The third-order valence-electron chi connectivity index (χ3n) is 6.12. The van der Waals surface area contributed by atoms with Crippen LogP contribution < -0.4 is 4.90 Å². The molecule has 2 fully saturated rings. The van der Waals surface area contributed by atoms with Gasteiger partial charge in [0.2, 0.25) is 0 Å². The number of aryl methyl sites for hydroxylation is 1. The van der Waals surface area contributed by atoms with Crippen LogP contribution in [0.4, 0.5) is 5.69 Å². The van der Waals surface area contributed by atoms with E-state index in [9.17, 15) is 5.11 Å². The topological polar surface area (TPSA) is 56.0 Å². The molecule has 158 valence electrons. The monoisotopic (exact) mass is 418 g/mol. The second kappa shape index (κ2) is 9.47. The van der Waals surface area contributed by atoms with Gasteiger partial charge >= 0.3 is 0 Å². The van der Waals surface area contributed by atoms with Gasteiger partial charge in [-0.2, -0.15) is 0 Å². The van der Waals surface area contributed by atoms with Crippen molar-refractivity contribution in [1.29, 1.82) is 0 Å². The lowest BCUT2D eigenvalue weighted by molar-refractivity contribution is 0.137. The van der Waals surface area contributed by atoms with Gasteiger partial charge in [0.15, 0.2) is 0 Å². The summed E-state index contributed by atoms with van der Waals surface area (Å²) in [5.41, 5.74) is 2.12. The van der Waals surface area contributed by atoms with Crippen LogP contribution in [0.25, 0.3) is 0 Å². The lowest BCUT2D eigenvalue weighted by Crippen LogP contribution is -2.47. The molecule has 4 rings (SSSR count). The van der Waals surface area contributed by atoms with Gasteiger partial charge in [-0.3, -0.25) is 4.90 Å². The first-order chi connectivity index (χ1) is 14.1. The van der Waals surface area contributed by atoms with Gasteiger partial charge in [0.05, 0.1) is 11.8 Å². The summed E-state index contributed by atoms with van der Waals surface area (Å²) in [6.45, 7) is 10.0. The van der Waals surface area contributed by atoms with E-state index in [2.05, 4.69) is 25.9 Å². The van der Waals surface area contributed by atoms with E-state index in [0.29, 0.717) is 0 Å². The van der Waals surface area contributed by atoms with Crippen molar-refractivity contribution in [3.63, 3.8) is 0 Å². The second-order valence-electron chi connectivity index (χ2n) is 8.39. The van der Waals surface area contributed by atoms with Crippen molar-refractivity contribution in [2.24, 2.45) is 5.92 Å². The predicted molar refractivity (Wildman–Crippen MR) is 116 cm³/mol. The van der Waals surface area contributed by atoms with Gasteiger partial charge < -0.3 is 19.4 Å². The highest BCUT2D eigenvalue weighted by molar-refractivity contribution is 6.30. The number of nitrogens with zero attached hydrogens (tertiary/aromatic N) is 4. The molecule has 1 aromatic heterocycles. The summed E-state index contributed by atoms with van der Waals surface area (Å²) < 4.78 is 5.32. The van der Waals surface area contributed by atoms with Crippen LogP contribution in [-0.2, 0) is 6.42 Å². The molecule has 6 nitrogen and oxygen atoms in total. The molecule has 2 aliphatic rings. The fourth-order valence-electron chi connectivity index (χ4n) is 4.52. The Morgan fingerprint density at radius 1 is 1.10 bits per heavy atom. The predicted octanol–water partition coefficient (Wildman–Crippen LogP) is 2.68.